The third-order valence-corrected chi connectivity index (χ3v) is 7.41. The number of methoxy groups -OCH3 is 1. The Hall–Kier alpha value is -4.30. The lowest BCUT2D eigenvalue weighted by Crippen LogP contribution is -2.25. The number of H-pyrrole nitrogens is 1. The largest absolute Gasteiger partial charge is 0.497 e. The van der Waals surface area contributed by atoms with Gasteiger partial charge in [0, 0.05) is 17.4 Å². The number of rotatable bonds is 8. The highest BCUT2D eigenvalue weighted by molar-refractivity contribution is 7.99. The van der Waals surface area contributed by atoms with Crippen molar-refractivity contribution in [3.8, 4) is 16.9 Å². The van der Waals surface area contributed by atoms with Crippen LogP contribution in [0.2, 0.25) is 0 Å². The summed E-state index contributed by atoms with van der Waals surface area (Å²) in [7, 11) is 1.61. The standard InChI is InChI=1S/C30H28N4O3S/c1-19-12-13-23(14-20(19)2)32-26(35)18-38-30-33-27-25(22-9-5-4-6-10-22)16-31-28(27)29(36)34(30)17-21-8-7-11-24(15-21)37-3/h4-16,31H,17-18H2,1-3H3,(H,32,35). The van der Waals surface area contributed by atoms with Crippen LogP contribution < -0.4 is 15.6 Å². The van der Waals surface area contributed by atoms with Crippen molar-refractivity contribution in [2.45, 2.75) is 25.5 Å². The number of fused-ring (bicyclic) bond motifs is 1. The topological polar surface area (TPSA) is 89.0 Å². The van der Waals surface area contributed by atoms with E-state index in [4.69, 9.17) is 9.72 Å². The lowest BCUT2D eigenvalue weighted by molar-refractivity contribution is -0.113. The third-order valence-electron chi connectivity index (χ3n) is 6.43. The molecule has 8 heteroatoms. The molecule has 3 aromatic carbocycles. The quantitative estimate of drug-likeness (QED) is 0.198. The van der Waals surface area contributed by atoms with Gasteiger partial charge in [-0.25, -0.2) is 4.98 Å². The Bertz CT molecular complexity index is 1670. The molecule has 1 amide bonds. The van der Waals surface area contributed by atoms with Crippen LogP contribution in [0.4, 0.5) is 5.69 Å². The van der Waals surface area contributed by atoms with Crippen molar-refractivity contribution in [1.82, 2.24) is 14.5 Å². The zero-order chi connectivity index (χ0) is 26.6. The average Bonchev–Trinajstić information content (AvgIpc) is 3.36. The molecule has 0 aliphatic carbocycles. The number of thioether (sulfide) groups is 1. The maximum absolute atomic E-state index is 13.7. The first kappa shape index (κ1) is 25.4. The highest BCUT2D eigenvalue weighted by Gasteiger charge is 2.18. The van der Waals surface area contributed by atoms with Gasteiger partial charge in [0.2, 0.25) is 5.91 Å². The van der Waals surface area contributed by atoms with Gasteiger partial charge in [-0.15, -0.1) is 0 Å². The SMILES string of the molecule is COc1cccc(Cn2c(SCC(=O)Nc3ccc(C)c(C)c3)nc3c(-c4ccccc4)c[nH]c3c2=O)c1. The summed E-state index contributed by atoms with van der Waals surface area (Å²) in [6.07, 6.45) is 1.81. The van der Waals surface area contributed by atoms with E-state index in [0.29, 0.717) is 28.5 Å². The van der Waals surface area contributed by atoms with E-state index in [0.717, 1.165) is 33.5 Å². The van der Waals surface area contributed by atoms with E-state index in [9.17, 15) is 9.59 Å². The van der Waals surface area contributed by atoms with E-state index in [1.54, 1.807) is 11.7 Å². The molecule has 0 aliphatic heterocycles. The Morgan fingerprint density at radius 1 is 1.03 bits per heavy atom. The fourth-order valence-electron chi connectivity index (χ4n) is 4.26. The number of hydrogen-bond donors (Lipinski definition) is 2. The number of benzene rings is 3. The molecule has 2 N–H and O–H groups in total. The number of carbonyl (C=O) groups is 1. The first-order valence-electron chi connectivity index (χ1n) is 12.2. The Kier molecular flexibility index (Phi) is 7.33. The number of amides is 1. The monoisotopic (exact) mass is 524 g/mol. The summed E-state index contributed by atoms with van der Waals surface area (Å²) in [5.41, 5.74) is 6.52. The van der Waals surface area contributed by atoms with E-state index in [1.807, 2.05) is 92.8 Å². The van der Waals surface area contributed by atoms with Crippen LogP contribution in [0.5, 0.6) is 5.75 Å². The number of carbonyl (C=O) groups excluding carboxylic acids is 1. The van der Waals surface area contributed by atoms with Crippen LogP contribution in [0.25, 0.3) is 22.2 Å². The van der Waals surface area contributed by atoms with Gasteiger partial charge in [0.1, 0.15) is 16.8 Å². The summed E-state index contributed by atoms with van der Waals surface area (Å²) < 4.78 is 6.97. The molecule has 7 nitrogen and oxygen atoms in total. The lowest BCUT2D eigenvalue weighted by Gasteiger charge is -2.13. The molecule has 5 aromatic rings. The Labute approximate surface area is 224 Å². The molecule has 0 saturated carbocycles. The molecular weight excluding hydrogens is 496 g/mol. The summed E-state index contributed by atoms with van der Waals surface area (Å²) in [5, 5.41) is 3.42. The minimum absolute atomic E-state index is 0.105. The zero-order valence-corrected chi connectivity index (χ0v) is 22.3. The Balaban J connectivity index is 1.50. The maximum atomic E-state index is 13.7. The van der Waals surface area contributed by atoms with Crippen molar-refractivity contribution in [3.63, 3.8) is 0 Å². The molecule has 0 aliphatic rings. The number of aryl methyl sites for hydroxylation is 2. The fourth-order valence-corrected chi connectivity index (χ4v) is 5.05. The third kappa shape index (κ3) is 5.35. The van der Waals surface area contributed by atoms with Crippen LogP contribution in [0, 0.1) is 13.8 Å². The second-order valence-corrected chi connectivity index (χ2v) is 10.0. The Morgan fingerprint density at radius 3 is 2.61 bits per heavy atom. The molecule has 5 rings (SSSR count). The highest BCUT2D eigenvalue weighted by atomic mass is 32.2. The van der Waals surface area contributed by atoms with Crippen molar-refractivity contribution in [3.05, 3.63) is 106 Å². The molecule has 0 unspecified atom stereocenters. The smallest absolute Gasteiger partial charge is 0.278 e. The predicted octanol–water partition coefficient (Wildman–Crippen LogP) is 5.80. The van der Waals surface area contributed by atoms with Gasteiger partial charge in [0.25, 0.3) is 5.56 Å². The van der Waals surface area contributed by atoms with Crippen LogP contribution in [0.1, 0.15) is 16.7 Å². The first-order valence-corrected chi connectivity index (χ1v) is 13.2. The predicted molar refractivity (Wildman–Crippen MR) is 153 cm³/mol. The molecule has 0 bridgehead atoms. The molecule has 192 valence electrons. The number of hydrogen-bond acceptors (Lipinski definition) is 5. The van der Waals surface area contributed by atoms with Gasteiger partial charge in [-0.1, -0.05) is 60.3 Å². The van der Waals surface area contributed by atoms with E-state index in [2.05, 4.69) is 10.3 Å². The molecular formula is C30H28N4O3S. The fraction of sp³-hybridized carbons (Fsp3) is 0.167. The van der Waals surface area contributed by atoms with Crippen molar-refractivity contribution in [2.24, 2.45) is 0 Å². The van der Waals surface area contributed by atoms with Gasteiger partial charge in [-0.3, -0.25) is 14.2 Å². The van der Waals surface area contributed by atoms with Gasteiger partial charge >= 0.3 is 0 Å². The number of nitrogens with zero attached hydrogens (tertiary/aromatic N) is 2. The second kappa shape index (κ2) is 11.0. The number of ether oxygens (including phenoxy) is 1. The van der Waals surface area contributed by atoms with Gasteiger partial charge in [-0.2, -0.15) is 0 Å². The molecule has 38 heavy (non-hydrogen) atoms. The minimum atomic E-state index is -0.197. The maximum Gasteiger partial charge on any atom is 0.278 e. The number of aromatic nitrogens is 3. The zero-order valence-electron chi connectivity index (χ0n) is 21.4. The molecule has 0 atom stereocenters. The second-order valence-electron chi connectivity index (χ2n) is 9.07. The highest BCUT2D eigenvalue weighted by Crippen LogP contribution is 2.28. The van der Waals surface area contributed by atoms with E-state index >= 15 is 0 Å². The summed E-state index contributed by atoms with van der Waals surface area (Å²) >= 11 is 1.24. The van der Waals surface area contributed by atoms with Crippen molar-refractivity contribution in [1.29, 1.82) is 0 Å². The molecule has 0 saturated heterocycles. The number of anilines is 1. The lowest BCUT2D eigenvalue weighted by atomic mass is 10.1. The van der Waals surface area contributed by atoms with Crippen LogP contribution in [-0.2, 0) is 11.3 Å². The average molecular weight is 525 g/mol. The van der Waals surface area contributed by atoms with Crippen LogP contribution >= 0.6 is 11.8 Å². The van der Waals surface area contributed by atoms with Crippen LogP contribution in [-0.4, -0.2) is 33.3 Å². The Morgan fingerprint density at radius 2 is 1.84 bits per heavy atom. The molecule has 0 spiro atoms. The normalized spacial score (nSPS) is 11.0. The van der Waals surface area contributed by atoms with Gasteiger partial charge in [0.05, 0.1) is 19.4 Å². The number of aromatic amines is 1. The van der Waals surface area contributed by atoms with E-state index in [-0.39, 0.29) is 17.2 Å². The summed E-state index contributed by atoms with van der Waals surface area (Å²) in [6, 6.07) is 23.2. The van der Waals surface area contributed by atoms with Crippen LogP contribution in [0.15, 0.2) is 88.9 Å². The summed E-state index contributed by atoms with van der Waals surface area (Å²) in [5.74, 6) is 0.643. The van der Waals surface area contributed by atoms with Crippen molar-refractivity contribution < 1.29 is 9.53 Å². The van der Waals surface area contributed by atoms with Crippen molar-refractivity contribution >= 4 is 34.4 Å². The van der Waals surface area contributed by atoms with Crippen molar-refractivity contribution in [2.75, 3.05) is 18.2 Å². The summed E-state index contributed by atoms with van der Waals surface area (Å²) in [6.45, 7) is 4.34. The summed E-state index contributed by atoms with van der Waals surface area (Å²) in [4.78, 5) is 34.6. The molecule has 0 fully saturated rings. The van der Waals surface area contributed by atoms with Gasteiger partial charge in [0.15, 0.2) is 5.16 Å². The molecule has 2 aromatic heterocycles. The molecule has 0 radical (unpaired) electrons. The van der Waals surface area contributed by atoms with Gasteiger partial charge in [-0.05, 0) is 60.4 Å². The number of nitrogens with one attached hydrogen (secondary N) is 2. The first-order chi connectivity index (χ1) is 18.4. The molecule has 2 heterocycles. The van der Waals surface area contributed by atoms with E-state index < -0.39 is 0 Å². The van der Waals surface area contributed by atoms with Crippen LogP contribution in [0.3, 0.4) is 0 Å². The van der Waals surface area contributed by atoms with E-state index in [1.165, 1.54) is 11.8 Å². The minimum Gasteiger partial charge on any atom is -0.497 e. The van der Waals surface area contributed by atoms with Gasteiger partial charge < -0.3 is 15.0 Å².